The normalized spacial score (nSPS) is 13.4. The molecule has 0 spiro atoms. The third-order valence-electron chi connectivity index (χ3n) is 2.06. The lowest BCUT2D eigenvalue weighted by molar-refractivity contribution is 0.195. The molecule has 0 saturated carbocycles. The highest BCUT2D eigenvalue weighted by molar-refractivity contribution is 7.99. The van der Waals surface area contributed by atoms with Crippen LogP contribution >= 0.6 is 11.8 Å². The molecule has 1 unspecified atom stereocenters. The van der Waals surface area contributed by atoms with Gasteiger partial charge in [0, 0.05) is 11.8 Å². The van der Waals surface area contributed by atoms with Crippen LogP contribution in [0.3, 0.4) is 0 Å². The molecular formula is C9H17N3O2S. The van der Waals surface area contributed by atoms with Gasteiger partial charge in [-0.2, -0.15) is 0 Å². The zero-order chi connectivity index (χ0) is 11.4. The van der Waals surface area contributed by atoms with Crippen LogP contribution in [0.15, 0.2) is 9.95 Å². The Hall–Kier alpha value is -0.750. The lowest BCUT2D eigenvalue weighted by atomic mass is 10.3. The summed E-state index contributed by atoms with van der Waals surface area (Å²) in [7, 11) is 0. The molecule has 1 heterocycles. The molecule has 0 aliphatic heterocycles. The topological polar surface area (TPSA) is 70.9 Å². The summed E-state index contributed by atoms with van der Waals surface area (Å²) in [5.74, 6) is 0.563. The number of nitrogens with one attached hydrogen (secondary N) is 1. The molecule has 5 nitrogen and oxygen atoms in total. The quantitative estimate of drug-likeness (QED) is 0.742. The summed E-state index contributed by atoms with van der Waals surface area (Å²) in [5.41, 5.74) is -0.196. The lowest BCUT2D eigenvalue weighted by Gasteiger charge is -2.10. The SMILES string of the molecule is CCC(O)CSc1n[nH]c(=O)n1C(C)C. The first-order valence-electron chi connectivity index (χ1n) is 5.04. The van der Waals surface area contributed by atoms with Gasteiger partial charge in [0.25, 0.3) is 0 Å². The fourth-order valence-electron chi connectivity index (χ4n) is 1.14. The van der Waals surface area contributed by atoms with Crippen molar-refractivity contribution in [3.05, 3.63) is 10.5 Å². The summed E-state index contributed by atoms with van der Waals surface area (Å²) in [4.78, 5) is 11.4. The molecule has 0 aliphatic carbocycles. The van der Waals surface area contributed by atoms with Crippen LogP contribution in [0.5, 0.6) is 0 Å². The molecule has 1 rings (SSSR count). The predicted octanol–water partition coefficient (Wildman–Crippen LogP) is 1.02. The molecule has 0 fully saturated rings. The summed E-state index contributed by atoms with van der Waals surface area (Å²) < 4.78 is 1.59. The Kier molecular flexibility index (Phi) is 4.41. The van der Waals surface area contributed by atoms with Crippen LogP contribution in [0.1, 0.15) is 33.2 Å². The van der Waals surface area contributed by atoms with Crippen molar-refractivity contribution >= 4 is 11.8 Å². The fourth-order valence-corrected chi connectivity index (χ4v) is 2.26. The van der Waals surface area contributed by atoms with Crippen LogP contribution in [0.25, 0.3) is 0 Å². The summed E-state index contributed by atoms with van der Waals surface area (Å²) in [6.07, 6.45) is 0.367. The number of H-pyrrole nitrogens is 1. The Bertz CT molecular complexity index is 358. The zero-order valence-corrected chi connectivity index (χ0v) is 10.0. The van der Waals surface area contributed by atoms with Crippen LogP contribution in [-0.4, -0.2) is 31.7 Å². The number of hydrogen-bond acceptors (Lipinski definition) is 4. The third-order valence-corrected chi connectivity index (χ3v) is 3.16. The van der Waals surface area contributed by atoms with Gasteiger partial charge in [-0.15, -0.1) is 5.10 Å². The minimum atomic E-state index is -0.345. The molecule has 0 saturated heterocycles. The Morgan fingerprint density at radius 3 is 2.80 bits per heavy atom. The maximum Gasteiger partial charge on any atom is 0.344 e. The number of aliphatic hydroxyl groups is 1. The van der Waals surface area contributed by atoms with Crippen molar-refractivity contribution < 1.29 is 5.11 Å². The summed E-state index contributed by atoms with van der Waals surface area (Å²) in [6, 6.07) is 0.0810. The van der Waals surface area contributed by atoms with E-state index in [-0.39, 0.29) is 17.8 Å². The van der Waals surface area contributed by atoms with Crippen molar-refractivity contribution in [3.63, 3.8) is 0 Å². The van der Waals surface area contributed by atoms with Gasteiger partial charge in [-0.1, -0.05) is 18.7 Å². The molecule has 2 N–H and O–H groups in total. The van der Waals surface area contributed by atoms with Gasteiger partial charge in [-0.05, 0) is 20.3 Å². The smallest absolute Gasteiger partial charge is 0.344 e. The van der Waals surface area contributed by atoms with Gasteiger partial charge >= 0.3 is 5.69 Å². The highest BCUT2D eigenvalue weighted by Crippen LogP contribution is 2.18. The molecule has 1 aromatic heterocycles. The van der Waals surface area contributed by atoms with Gasteiger partial charge < -0.3 is 5.11 Å². The second-order valence-electron chi connectivity index (χ2n) is 3.65. The fraction of sp³-hybridized carbons (Fsp3) is 0.778. The van der Waals surface area contributed by atoms with E-state index in [0.29, 0.717) is 17.3 Å². The van der Waals surface area contributed by atoms with Gasteiger partial charge in [0.1, 0.15) is 0 Å². The molecule has 0 radical (unpaired) electrons. The van der Waals surface area contributed by atoms with Crippen LogP contribution in [0.2, 0.25) is 0 Å². The molecule has 15 heavy (non-hydrogen) atoms. The Labute approximate surface area is 92.9 Å². The van der Waals surface area contributed by atoms with E-state index in [2.05, 4.69) is 10.2 Å². The molecule has 0 aromatic carbocycles. The molecule has 1 atom stereocenters. The van der Waals surface area contributed by atoms with E-state index in [1.54, 1.807) is 4.57 Å². The minimum absolute atomic E-state index is 0.0810. The molecule has 0 aliphatic rings. The van der Waals surface area contributed by atoms with Gasteiger partial charge in [-0.25, -0.2) is 9.89 Å². The zero-order valence-electron chi connectivity index (χ0n) is 9.23. The van der Waals surface area contributed by atoms with E-state index in [1.807, 2.05) is 20.8 Å². The van der Waals surface area contributed by atoms with Crippen molar-refractivity contribution in [3.8, 4) is 0 Å². The van der Waals surface area contributed by atoms with Gasteiger partial charge in [0.2, 0.25) is 0 Å². The summed E-state index contributed by atoms with van der Waals surface area (Å²) in [6.45, 7) is 5.78. The van der Waals surface area contributed by atoms with Gasteiger partial charge in [0.15, 0.2) is 5.16 Å². The summed E-state index contributed by atoms with van der Waals surface area (Å²) in [5, 5.41) is 16.4. The average Bonchev–Trinajstić information content (AvgIpc) is 2.56. The molecular weight excluding hydrogens is 214 g/mol. The molecule has 0 amide bonds. The first kappa shape index (κ1) is 12.3. The lowest BCUT2D eigenvalue weighted by Crippen LogP contribution is -2.20. The number of rotatable bonds is 5. The number of aromatic amines is 1. The first-order valence-corrected chi connectivity index (χ1v) is 6.02. The monoisotopic (exact) mass is 231 g/mol. The Balaban J connectivity index is 2.73. The number of hydrogen-bond donors (Lipinski definition) is 2. The van der Waals surface area contributed by atoms with Crippen molar-refractivity contribution in [1.29, 1.82) is 0 Å². The first-order chi connectivity index (χ1) is 7.06. The van der Waals surface area contributed by atoms with E-state index >= 15 is 0 Å². The average molecular weight is 231 g/mol. The second kappa shape index (κ2) is 5.37. The van der Waals surface area contributed by atoms with E-state index in [9.17, 15) is 9.90 Å². The third kappa shape index (κ3) is 3.10. The molecule has 0 bridgehead atoms. The molecule has 1 aromatic rings. The largest absolute Gasteiger partial charge is 0.392 e. The number of aromatic nitrogens is 3. The second-order valence-corrected chi connectivity index (χ2v) is 4.64. The van der Waals surface area contributed by atoms with Crippen molar-refractivity contribution in [1.82, 2.24) is 14.8 Å². The predicted molar refractivity (Wildman–Crippen MR) is 60.3 cm³/mol. The maximum absolute atomic E-state index is 11.4. The van der Waals surface area contributed by atoms with E-state index < -0.39 is 0 Å². The number of nitrogens with zero attached hydrogens (tertiary/aromatic N) is 2. The number of thioether (sulfide) groups is 1. The molecule has 86 valence electrons. The van der Waals surface area contributed by atoms with E-state index in [1.165, 1.54) is 11.8 Å². The Morgan fingerprint density at radius 2 is 2.27 bits per heavy atom. The van der Waals surface area contributed by atoms with Gasteiger partial charge in [0.05, 0.1) is 6.10 Å². The Morgan fingerprint density at radius 1 is 1.60 bits per heavy atom. The van der Waals surface area contributed by atoms with E-state index in [4.69, 9.17) is 0 Å². The highest BCUT2D eigenvalue weighted by atomic mass is 32.2. The van der Waals surface area contributed by atoms with Crippen molar-refractivity contribution in [2.24, 2.45) is 0 Å². The van der Waals surface area contributed by atoms with Crippen molar-refractivity contribution in [2.75, 3.05) is 5.75 Å². The number of aliphatic hydroxyl groups excluding tert-OH is 1. The van der Waals surface area contributed by atoms with Crippen LogP contribution in [-0.2, 0) is 0 Å². The van der Waals surface area contributed by atoms with Crippen LogP contribution in [0, 0.1) is 0 Å². The van der Waals surface area contributed by atoms with Gasteiger partial charge in [-0.3, -0.25) is 4.57 Å². The van der Waals surface area contributed by atoms with E-state index in [0.717, 1.165) is 0 Å². The molecule has 6 heteroatoms. The van der Waals surface area contributed by atoms with Crippen LogP contribution < -0.4 is 5.69 Å². The standard InChI is InChI=1S/C9H17N3O2S/c1-4-7(13)5-15-9-11-10-8(14)12(9)6(2)3/h6-7,13H,4-5H2,1-3H3,(H,10,14). The summed E-state index contributed by atoms with van der Waals surface area (Å²) >= 11 is 1.40. The highest BCUT2D eigenvalue weighted by Gasteiger charge is 2.12. The minimum Gasteiger partial charge on any atom is -0.392 e. The van der Waals surface area contributed by atoms with Crippen molar-refractivity contribution in [2.45, 2.75) is 44.5 Å². The van der Waals surface area contributed by atoms with Crippen LogP contribution in [0.4, 0.5) is 0 Å². The maximum atomic E-state index is 11.4.